The van der Waals surface area contributed by atoms with E-state index in [2.05, 4.69) is 20.9 Å². The molecule has 0 spiro atoms. The Morgan fingerprint density at radius 1 is 1.29 bits per heavy atom. The molecule has 0 aliphatic carbocycles. The van der Waals surface area contributed by atoms with Crippen molar-refractivity contribution in [2.45, 2.75) is 13.8 Å². The number of carbonyl (C=O) groups excluding carboxylic acids is 1. The highest BCUT2D eigenvalue weighted by Crippen LogP contribution is 2.18. The first kappa shape index (κ1) is 11.1. The third-order valence-corrected chi connectivity index (χ3v) is 2.58. The maximum absolute atomic E-state index is 11.3. The molecule has 0 saturated carbocycles. The largest absolute Gasteiger partial charge is 0.294 e. The second-order valence-corrected chi connectivity index (χ2v) is 3.97. The Hall–Kier alpha value is -0.960. The molecule has 0 aliphatic heterocycles. The molecule has 3 heteroatoms. The van der Waals surface area contributed by atoms with Gasteiger partial charge in [0.1, 0.15) is 0 Å². The number of ketones is 1. The van der Waals surface area contributed by atoms with Gasteiger partial charge in [-0.15, -0.1) is 0 Å². The number of nitrogens with zero attached hydrogens (tertiary/aromatic N) is 1. The van der Waals surface area contributed by atoms with Crippen molar-refractivity contribution in [3.05, 3.63) is 33.8 Å². The highest BCUT2D eigenvalue weighted by Gasteiger charge is 2.09. The molecule has 0 bridgehead atoms. The van der Waals surface area contributed by atoms with E-state index in [-0.39, 0.29) is 5.78 Å². The average Bonchev–Trinajstić information content (AvgIpc) is 2.16. The number of rotatable bonds is 2. The molecule has 0 unspecified atom stereocenters. The second kappa shape index (κ2) is 4.51. The SMILES string of the molecule is C/N=C(/C)c1cc(Br)ccc1C(C)=O. The van der Waals surface area contributed by atoms with Crippen LogP contribution in [0.25, 0.3) is 0 Å². The summed E-state index contributed by atoms with van der Waals surface area (Å²) in [4.78, 5) is 15.4. The maximum Gasteiger partial charge on any atom is 0.160 e. The molecular weight excluding hydrogens is 242 g/mol. The van der Waals surface area contributed by atoms with Gasteiger partial charge in [0.15, 0.2) is 5.78 Å². The van der Waals surface area contributed by atoms with Crippen LogP contribution in [-0.2, 0) is 0 Å². The summed E-state index contributed by atoms with van der Waals surface area (Å²) >= 11 is 3.38. The number of halogens is 1. The molecule has 1 aromatic carbocycles. The molecule has 0 radical (unpaired) electrons. The van der Waals surface area contributed by atoms with Gasteiger partial charge in [-0.1, -0.05) is 15.9 Å². The number of hydrogen-bond donors (Lipinski definition) is 0. The monoisotopic (exact) mass is 253 g/mol. The molecule has 0 N–H and O–H groups in total. The molecule has 1 rings (SSSR count). The van der Waals surface area contributed by atoms with Gasteiger partial charge in [0, 0.05) is 28.4 Å². The van der Waals surface area contributed by atoms with Crippen LogP contribution in [0.3, 0.4) is 0 Å². The summed E-state index contributed by atoms with van der Waals surface area (Å²) in [7, 11) is 1.72. The van der Waals surface area contributed by atoms with E-state index in [1.807, 2.05) is 25.1 Å². The van der Waals surface area contributed by atoms with Crippen LogP contribution >= 0.6 is 15.9 Å². The van der Waals surface area contributed by atoms with Crippen LogP contribution in [0, 0.1) is 0 Å². The summed E-state index contributed by atoms with van der Waals surface area (Å²) in [6.45, 7) is 3.46. The number of Topliss-reactive ketones (excluding diaryl/α,β-unsaturated/α-hetero) is 1. The Balaban J connectivity index is 3.37. The maximum atomic E-state index is 11.3. The van der Waals surface area contributed by atoms with E-state index < -0.39 is 0 Å². The van der Waals surface area contributed by atoms with Gasteiger partial charge in [-0.3, -0.25) is 9.79 Å². The first-order chi connectivity index (χ1) is 6.56. The van der Waals surface area contributed by atoms with Crippen molar-refractivity contribution in [3.63, 3.8) is 0 Å². The lowest BCUT2D eigenvalue weighted by Crippen LogP contribution is -2.04. The first-order valence-corrected chi connectivity index (χ1v) is 5.09. The highest BCUT2D eigenvalue weighted by molar-refractivity contribution is 9.10. The van der Waals surface area contributed by atoms with E-state index in [4.69, 9.17) is 0 Å². The molecule has 0 aromatic heterocycles. The molecule has 1 aromatic rings. The first-order valence-electron chi connectivity index (χ1n) is 4.30. The van der Waals surface area contributed by atoms with Gasteiger partial charge in [-0.2, -0.15) is 0 Å². The molecular formula is C11H12BrNO. The number of aliphatic imine (C=N–C) groups is 1. The number of benzene rings is 1. The predicted molar refractivity (Wildman–Crippen MR) is 62.3 cm³/mol. The predicted octanol–water partition coefficient (Wildman–Crippen LogP) is 3.09. The lowest BCUT2D eigenvalue weighted by Gasteiger charge is -2.06. The van der Waals surface area contributed by atoms with Crippen LogP contribution in [0.5, 0.6) is 0 Å². The van der Waals surface area contributed by atoms with Crippen LogP contribution in [0.2, 0.25) is 0 Å². The van der Waals surface area contributed by atoms with Crippen molar-refractivity contribution >= 4 is 27.4 Å². The minimum atomic E-state index is 0.0653. The Morgan fingerprint density at radius 2 is 1.93 bits per heavy atom. The van der Waals surface area contributed by atoms with Crippen molar-refractivity contribution in [1.82, 2.24) is 0 Å². The minimum absolute atomic E-state index is 0.0653. The smallest absolute Gasteiger partial charge is 0.160 e. The van der Waals surface area contributed by atoms with Crippen LogP contribution in [0.1, 0.15) is 29.8 Å². The summed E-state index contributed by atoms with van der Waals surface area (Å²) < 4.78 is 0.959. The van der Waals surface area contributed by atoms with E-state index in [9.17, 15) is 4.79 Å². The van der Waals surface area contributed by atoms with Gasteiger partial charge in [0.2, 0.25) is 0 Å². The van der Waals surface area contributed by atoms with Gasteiger partial charge in [0.25, 0.3) is 0 Å². The van der Waals surface area contributed by atoms with E-state index >= 15 is 0 Å². The van der Waals surface area contributed by atoms with Crippen molar-refractivity contribution in [2.24, 2.45) is 4.99 Å². The van der Waals surface area contributed by atoms with E-state index in [1.165, 1.54) is 0 Å². The van der Waals surface area contributed by atoms with E-state index in [0.29, 0.717) is 0 Å². The molecule has 2 nitrogen and oxygen atoms in total. The van der Waals surface area contributed by atoms with Crippen LogP contribution < -0.4 is 0 Å². The van der Waals surface area contributed by atoms with Crippen molar-refractivity contribution in [3.8, 4) is 0 Å². The summed E-state index contributed by atoms with van der Waals surface area (Å²) in [6, 6.07) is 5.60. The zero-order valence-corrected chi connectivity index (χ0v) is 10.1. The Labute approximate surface area is 92.2 Å². The molecule has 0 heterocycles. The second-order valence-electron chi connectivity index (χ2n) is 3.06. The normalized spacial score (nSPS) is 11.6. The molecule has 0 atom stereocenters. The minimum Gasteiger partial charge on any atom is -0.294 e. The number of hydrogen-bond acceptors (Lipinski definition) is 2. The fourth-order valence-corrected chi connectivity index (χ4v) is 1.60. The van der Waals surface area contributed by atoms with E-state index in [0.717, 1.165) is 21.3 Å². The summed E-state index contributed by atoms with van der Waals surface area (Å²) in [5, 5.41) is 0. The lowest BCUT2D eigenvalue weighted by atomic mass is 10.0. The van der Waals surface area contributed by atoms with Crippen LogP contribution in [0.15, 0.2) is 27.7 Å². The molecule has 0 saturated heterocycles. The third kappa shape index (κ3) is 2.29. The van der Waals surface area contributed by atoms with Crippen molar-refractivity contribution < 1.29 is 4.79 Å². The Morgan fingerprint density at radius 3 is 2.43 bits per heavy atom. The van der Waals surface area contributed by atoms with Gasteiger partial charge in [0.05, 0.1) is 0 Å². The van der Waals surface area contributed by atoms with Gasteiger partial charge in [-0.25, -0.2) is 0 Å². The topological polar surface area (TPSA) is 29.4 Å². The van der Waals surface area contributed by atoms with Gasteiger partial charge < -0.3 is 0 Å². The molecule has 14 heavy (non-hydrogen) atoms. The van der Waals surface area contributed by atoms with Crippen molar-refractivity contribution in [2.75, 3.05) is 7.05 Å². The molecule has 0 fully saturated rings. The van der Waals surface area contributed by atoms with Crippen LogP contribution in [-0.4, -0.2) is 18.5 Å². The standard InChI is InChI=1S/C11H12BrNO/c1-7(13-3)11-6-9(12)4-5-10(11)8(2)14/h4-6H,1-3H3/b13-7-. The Bertz CT molecular complexity index is 396. The van der Waals surface area contributed by atoms with Crippen molar-refractivity contribution in [1.29, 1.82) is 0 Å². The average molecular weight is 254 g/mol. The zero-order valence-electron chi connectivity index (χ0n) is 8.47. The Kier molecular flexibility index (Phi) is 3.58. The fraction of sp³-hybridized carbons (Fsp3) is 0.273. The summed E-state index contributed by atoms with van der Waals surface area (Å²) in [5.74, 6) is 0.0653. The van der Waals surface area contributed by atoms with E-state index in [1.54, 1.807) is 14.0 Å². The summed E-state index contributed by atoms with van der Waals surface area (Å²) in [5.41, 5.74) is 2.49. The highest BCUT2D eigenvalue weighted by atomic mass is 79.9. The zero-order chi connectivity index (χ0) is 10.7. The molecule has 0 amide bonds. The van der Waals surface area contributed by atoms with Gasteiger partial charge >= 0.3 is 0 Å². The third-order valence-electron chi connectivity index (χ3n) is 2.09. The quantitative estimate of drug-likeness (QED) is 0.589. The van der Waals surface area contributed by atoms with Gasteiger partial charge in [-0.05, 0) is 32.0 Å². The fourth-order valence-electron chi connectivity index (χ4n) is 1.24. The molecule has 0 aliphatic rings. The molecule has 74 valence electrons. The lowest BCUT2D eigenvalue weighted by molar-refractivity contribution is 0.101. The van der Waals surface area contributed by atoms with Crippen LogP contribution in [0.4, 0.5) is 0 Å². The summed E-state index contributed by atoms with van der Waals surface area (Å²) in [6.07, 6.45) is 0. The number of carbonyl (C=O) groups is 1.